The maximum absolute atomic E-state index is 11.6. The summed E-state index contributed by atoms with van der Waals surface area (Å²) in [5.74, 6) is 0.514. The highest BCUT2D eigenvalue weighted by Gasteiger charge is 2.14. The van der Waals surface area contributed by atoms with E-state index in [1.165, 1.54) is 0 Å². The largest absolute Gasteiger partial charge is 0.484 e. The number of aliphatic hydroxyl groups is 1. The van der Waals surface area contributed by atoms with Crippen molar-refractivity contribution >= 4 is 5.91 Å². The van der Waals surface area contributed by atoms with Crippen LogP contribution in [0.2, 0.25) is 0 Å². The zero-order valence-electron chi connectivity index (χ0n) is 12.3. The third kappa shape index (κ3) is 5.30. The van der Waals surface area contributed by atoms with Gasteiger partial charge in [-0.2, -0.15) is 0 Å². The molecular formula is C15H23NO3. The lowest BCUT2D eigenvalue weighted by Gasteiger charge is -2.20. The molecule has 0 aliphatic rings. The van der Waals surface area contributed by atoms with Crippen molar-refractivity contribution in [3.63, 3.8) is 0 Å². The molecule has 0 aliphatic carbocycles. The minimum absolute atomic E-state index is 0.00780. The monoisotopic (exact) mass is 265 g/mol. The second-order valence-corrected chi connectivity index (χ2v) is 5.79. The Morgan fingerprint density at radius 3 is 2.53 bits per heavy atom. The molecule has 0 spiro atoms. The molecule has 0 saturated carbocycles. The molecule has 1 aromatic carbocycles. The predicted octanol–water partition coefficient (Wildman–Crippen LogP) is 2.34. The molecule has 1 rings (SSSR count). The third-order valence-electron chi connectivity index (χ3n) is 2.55. The number of aliphatic hydroxyl groups excluding tert-OH is 1. The van der Waals surface area contributed by atoms with Gasteiger partial charge in [0.05, 0.1) is 6.10 Å². The van der Waals surface area contributed by atoms with Gasteiger partial charge in [-0.15, -0.1) is 0 Å². The Bertz CT molecular complexity index is 447. The second kappa shape index (κ2) is 6.06. The zero-order valence-corrected chi connectivity index (χ0v) is 12.3. The van der Waals surface area contributed by atoms with Crippen LogP contribution in [0.15, 0.2) is 18.2 Å². The predicted molar refractivity (Wildman–Crippen MR) is 75.2 cm³/mol. The smallest absolute Gasteiger partial charge is 0.258 e. The fourth-order valence-electron chi connectivity index (χ4n) is 1.69. The molecule has 0 radical (unpaired) electrons. The lowest BCUT2D eigenvalue weighted by atomic mass is 10.1. The molecule has 1 amide bonds. The van der Waals surface area contributed by atoms with Crippen LogP contribution in [-0.4, -0.2) is 23.2 Å². The maximum Gasteiger partial charge on any atom is 0.258 e. The quantitative estimate of drug-likeness (QED) is 0.878. The van der Waals surface area contributed by atoms with Crippen molar-refractivity contribution in [3.8, 4) is 5.75 Å². The van der Waals surface area contributed by atoms with Gasteiger partial charge in [0.25, 0.3) is 5.91 Å². The van der Waals surface area contributed by atoms with E-state index in [-0.39, 0.29) is 18.1 Å². The van der Waals surface area contributed by atoms with Crippen molar-refractivity contribution in [1.29, 1.82) is 0 Å². The van der Waals surface area contributed by atoms with Crippen LogP contribution in [0.25, 0.3) is 0 Å². The maximum atomic E-state index is 11.6. The average molecular weight is 265 g/mol. The number of carbonyl (C=O) groups is 1. The van der Waals surface area contributed by atoms with Crippen LogP contribution in [0, 0.1) is 6.92 Å². The van der Waals surface area contributed by atoms with Crippen molar-refractivity contribution < 1.29 is 14.6 Å². The summed E-state index contributed by atoms with van der Waals surface area (Å²) >= 11 is 0. The van der Waals surface area contributed by atoms with E-state index in [0.29, 0.717) is 5.75 Å². The molecule has 1 aromatic rings. The van der Waals surface area contributed by atoms with E-state index in [4.69, 9.17) is 4.74 Å². The van der Waals surface area contributed by atoms with E-state index in [1.807, 2.05) is 33.8 Å². The van der Waals surface area contributed by atoms with Gasteiger partial charge in [-0.3, -0.25) is 4.79 Å². The summed E-state index contributed by atoms with van der Waals surface area (Å²) in [4.78, 5) is 11.6. The van der Waals surface area contributed by atoms with Crippen molar-refractivity contribution in [1.82, 2.24) is 5.32 Å². The average Bonchev–Trinajstić information content (AvgIpc) is 2.24. The first-order valence-electron chi connectivity index (χ1n) is 6.41. The first kappa shape index (κ1) is 15.5. The van der Waals surface area contributed by atoms with Crippen LogP contribution in [0.5, 0.6) is 5.75 Å². The van der Waals surface area contributed by atoms with Crippen LogP contribution < -0.4 is 10.1 Å². The van der Waals surface area contributed by atoms with Crippen LogP contribution >= 0.6 is 0 Å². The summed E-state index contributed by atoms with van der Waals surface area (Å²) in [7, 11) is 0. The summed E-state index contributed by atoms with van der Waals surface area (Å²) in [6, 6.07) is 5.44. The number of aryl methyl sites for hydroxylation is 1. The molecule has 1 unspecified atom stereocenters. The van der Waals surface area contributed by atoms with Crippen LogP contribution in [0.1, 0.15) is 44.9 Å². The third-order valence-corrected chi connectivity index (χ3v) is 2.55. The number of hydrogen-bond donors (Lipinski definition) is 2. The topological polar surface area (TPSA) is 58.6 Å². The van der Waals surface area contributed by atoms with Gasteiger partial charge >= 0.3 is 0 Å². The van der Waals surface area contributed by atoms with Crippen molar-refractivity contribution in [2.75, 3.05) is 6.61 Å². The lowest BCUT2D eigenvalue weighted by Crippen LogP contribution is -2.43. The summed E-state index contributed by atoms with van der Waals surface area (Å²) in [6.07, 6.45) is -0.503. The van der Waals surface area contributed by atoms with Crippen LogP contribution in [0.4, 0.5) is 0 Å². The minimum Gasteiger partial charge on any atom is -0.484 e. The van der Waals surface area contributed by atoms with Gasteiger partial charge in [-0.25, -0.2) is 0 Å². The molecule has 0 aliphatic heterocycles. The normalized spacial score (nSPS) is 12.9. The number of carbonyl (C=O) groups excluding carboxylic acids is 1. The molecular weight excluding hydrogens is 242 g/mol. The van der Waals surface area contributed by atoms with Gasteiger partial charge in [-0.1, -0.05) is 6.07 Å². The van der Waals surface area contributed by atoms with E-state index < -0.39 is 6.10 Å². The molecule has 0 heterocycles. The molecule has 0 fully saturated rings. The van der Waals surface area contributed by atoms with E-state index in [9.17, 15) is 9.90 Å². The first-order chi connectivity index (χ1) is 8.69. The fourth-order valence-corrected chi connectivity index (χ4v) is 1.69. The number of nitrogens with one attached hydrogen (secondary N) is 1. The number of benzene rings is 1. The highest BCUT2D eigenvalue weighted by Crippen LogP contribution is 2.22. The van der Waals surface area contributed by atoms with Crippen LogP contribution in [-0.2, 0) is 4.79 Å². The molecule has 0 saturated heterocycles. The van der Waals surface area contributed by atoms with Gasteiger partial charge in [0.2, 0.25) is 0 Å². The van der Waals surface area contributed by atoms with Gasteiger partial charge in [0.15, 0.2) is 6.61 Å². The minimum atomic E-state index is -0.503. The number of hydrogen-bond acceptors (Lipinski definition) is 3. The standard InChI is InChI=1S/C15H23NO3/c1-10-8-12(11(2)17)6-7-13(10)19-9-14(18)16-15(3,4)5/h6-8,11,17H,9H2,1-5H3,(H,16,18). The Morgan fingerprint density at radius 2 is 2.05 bits per heavy atom. The molecule has 1 atom stereocenters. The van der Waals surface area contributed by atoms with Gasteiger partial charge in [0.1, 0.15) is 5.75 Å². The van der Waals surface area contributed by atoms with Gasteiger partial charge < -0.3 is 15.2 Å². The van der Waals surface area contributed by atoms with Crippen LogP contribution in [0.3, 0.4) is 0 Å². The van der Waals surface area contributed by atoms with Crippen molar-refractivity contribution in [3.05, 3.63) is 29.3 Å². The summed E-state index contributed by atoms with van der Waals surface area (Å²) in [5, 5.41) is 12.3. The molecule has 0 bridgehead atoms. The molecule has 19 heavy (non-hydrogen) atoms. The second-order valence-electron chi connectivity index (χ2n) is 5.79. The zero-order chi connectivity index (χ0) is 14.6. The molecule has 106 valence electrons. The highest BCUT2D eigenvalue weighted by molar-refractivity contribution is 5.78. The van der Waals surface area contributed by atoms with Crippen molar-refractivity contribution in [2.24, 2.45) is 0 Å². The molecule has 4 nitrogen and oxygen atoms in total. The summed E-state index contributed by atoms with van der Waals surface area (Å²) in [5.41, 5.74) is 1.48. The van der Waals surface area contributed by atoms with E-state index in [1.54, 1.807) is 19.1 Å². The Balaban J connectivity index is 2.61. The molecule has 4 heteroatoms. The Kier molecular flexibility index (Phi) is 4.95. The van der Waals surface area contributed by atoms with Gasteiger partial charge in [-0.05, 0) is 57.9 Å². The molecule has 2 N–H and O–H groups in total. The Morgan fingerprint density at radius 1 is 1.42 bits per heavy atom. The van der Waals surface area contributed by atoms with E-state index in [0.717, 1.165) is 11.1 Å². The number of rotatable bonds is 4. The SMILES string of the molecule is Cc1cc(C(C)O)ccc1OCC(=O)NC(C)(C)C. The summed E-state index contributed by atoms with van der Waals surface area (Å²) in [6.45, 7) is 9.37. The number of amides is 1. The Labute approximate surface area is 114 Å². The number of ether oxygens (including phenoxy) is 1. The van der Waals surface area contributed by atoms with Crippen molar-refractivity contribution in [2.45, 2.75) is 46.3 Å². The summed E-state index contributed by atoms with van der Waals surface area (Å²) < 4.78 is 5.49. The fraction of sp³-hybridized carbons (Fsp3) is 0.533. The van der Waals surface area contributed by atoms with E-state index >= 15 is 0 Å². The highest BCUT2D eigenvalue weighted by atomic mass is 16.5. The van der Waals surface area contributed by atoms with Gasteiger partial charge in [0, 0.05) is 5.54 Å². The lowest BCUT2D eigenvalue weighted by molar-refractivity contribution is -0.124. The molecule has 0 aromatic heterocycles. The van der Waals surface area contributed by atoms with E-state index in [2.05, 4.69) is 5.32 Å². The first-order valence-corrected chi connectivity index (χ1v) is 6.41. The Hall–Kier alpha value is -1.55.